The first-order chi connectivity index (χ1) is 23.9. The zero-order chi connectivity index (χ0) is 36.7. The Balaban J connectivity index is 1.77. The highest BCUT2D eigenvalue weighted by atomic mass is 79.9. The van der Waals surface area contributed by atoms with Crippen LogP contribution in [-0.2, 0) is 33.4 Å². The number of aliphatic hydroxyl groups is 1. The zero-order valence-corrected chi connectivity index (χ0v) is 31.5. The van der Waals surface area contributed by atoms with Crippen LogP contribution < -0.4 is 5.32 Å². The Kier molecular flexibility index (Phi) is 13.9. The molecule has 3 fully saturated rings. The smallest absolute Gasteiger partial charge is 0.313 e. The van der Waals surface area contributed by atoms with Crippen LogP contribution >= 0.6 is 15.9 Å². The summed E-state index contributed by atoms with van der Waals surface area (Å²) < 4.78 is 18.5. The summed E-state index contributed by atoms with van der Waals surface area (Å²) in [4.78, 5) is 59.9. The van der Waals surface area contributed by atoms with E-state index >= 15 is 0 Å². The number of nitrogens with zero attached hydrogens (tertiary/aromatic N) is 2. The molecule has 4 rings (SSSR count). The molecule has 0 aromatic heterocycles. The van der Waals surface area contributed by atoms with Gasteiger partial charge >= 0.3 is 5.97 Å². The summed E-state index contributed by atoms with van der Waals surface area (Å²) in [5.74, 6) is -3.90. The van der Waals surface area contributed by atoms with Crippen molar-refractivity contribution in [1.82, 2.24) is 15.1 Å². The van der Waals surface area contributed by atoms with Crippen LogP contribution in [0.1, 0.15) is 71.5 Å². The maximum atomic E-state index is 14.8. The lowest BCUT2D eigenvalue weighted by Crippen LogP contribution is -2.61. The van der Waals surface area contributed by atoms with E-state index < -0.39 is 59.6 Å². The van der Waals surface area contributed by atoms with Gasteiger partial charge in [-0.2, -0.15) is 0 Å². The second kappa shape index (κ2) is 17.4. The molecule has 1 aromatic rings. The van der Waals surface area contributed by atoms with Crippen molar-refractivity contribution in [2.24, 2.45) is 17.8 Å². The van der Waals surface area contributed by atoms with Gasteiger partial charge in [-0.3, -0.25) is 19.2 Å². The minimum absolute atomic E-state index is 0.0522. The lowest BCUT2D eigenvalue weighted by atomic mass is 9.70. The van der Waals surface area contributed by atoms with Gasteiger partial charge in [0, 0.05) is 30.9 Å². The monoisotopic (exact) mass is 759 g/mol. The summed E-state index contributed by atoms with van der Waals surface area (Å²) in [7, 11) is 1.50. The number of hydrogen-bond acceptors (Lipinski definition) is 8. The average molecular weight is 761 g/mol. The first-order valence-electron chi connectivity index (χ1n) is 17.7. The first-order valence-corrected chi connectivity index (χ1v) is 18.6. The number of esters is 1. The van der Waals surface area contributed by atoms with Gasteiger partial charge in [0.05, 0.1) is 43.2 Å². The van der Waals surface area contributed by atoms with E-state index in [1.807, 2.05) is 45.9 Å². The van der Waals surface area contributed by atoms with Crippen LogP contribution in [0.2, 0.25) is 0 Å². The zero-order valence-electron chi connectivity index (χ0n) is 30.0. The van der Waals surface area contributed by atoms with Crippen molar-refractivity contribution in [2.45, 2.75) is 107 Å². The molecule has 0 saturated carbocycles. The lowest BCUT2D eigenvalue weighted by molar-refractivity contribution is -0.163. The molecule has 3 heterocycles. The van der Waals surface area contributed by atoms with Crippen molar-refractivity contribution in [3.8, 4) is 0 Å². The predicted molar refractivity (Wildman–Crippen MR) is 193 cm³/mol. The fourth-order valence-electron chi connectivity index (χ4n) is 8.08. The molecule has 11 nitrogen and oxygen atoms in total. The summed E-state index contributed by atoms with van der Waals surface area (Å²) in [6.45, 7) is 15.3. The summed E-state index contributed by atoms with van der Waals surface area (Å²) >= 11 is 3.74. The van der Waals surface area contributed by atoms with E-state index in [-0.39, 0.29) is 54.8 Å². The number of rotatable bonds is 19. The SMILES string of the molecule is C=CCCC(=O)N[C@@H](COC)[C@@H](OC(=O)[C@H]1[C@@H]2O[C@@]3(CC2Br)[C@@H]1C(=O)N([C@@H](CO)C(C)C)[C@@H]3C(=O)N(CC=C)C(C)CCC)c1ccccc1. The van der Waals surface area contributed by atoms with Crippen molar-refractivity contribution >= 4 is 39.6 Å². The van der Waals surface area contributed by atoms with Crippen molar-refractivity contribution in [1.29, 1.82) is 0 Å². The van der Waals surface area contributed by atoms with Gasteiger partial charge in [0.1, 0.15) is 17.7 Å². The van der Waals surface area contributed by atoms with Gasteiger partial charge in [0.25, 0.3) is 0 Å². The second-order valence-electron chi connectivity index (χ2n) is 14.0. The van der Waals surface area contributed by atoms with E-state index in [0.29, 0.717) is 18.4 Å². The molecule has 10 atom stereocenters. The number of aliphatic hydroxyl groups excluding tert-OH is 1. The number of alkyl halides is 1. The minimum Gasteiger partial charge on any atom is -0.455 e. The third-order valence-corrected chi connectivity index (χ3v) is 11.2. The number of fused-ring (bicyclic) bond motifs is 1. The van der Waals surface area contributed by atoms with Gasteiger partial charge < -0.3 is 34.4 Å². The van der Waals surface area contributed by atoms with Crippen molar-refractivity contribution in [2.75, 3.05) is 26.9 Å². The van der Waals surface area contributed by atoms with Gasteiger partial charge in [-0.05, 0) is 37.7 Å². The molecular weight excluding hydrogens is 706 g/mol. The van der Waals surface area contributed by atoms with Crippen molar-refractivity contribution in [3.05, 3.63) is 61.2 Å². The molecule has 3 aliphatic rings. The molecule has 50 heavy (non-hydrogen) atoms. The van der Waals surface area contributed by atoms with Crippen LogP contribution in [0, 0.1) is 17.8 Å². The van der Waals surface area contributed by atoms with Gasteiger partial charge in [-0.15, -0.1) is 13.2 Å². The third-order valence-electron chi connectivity index (χ3n) is 10.4. The number of hydrogen-bond donors (Lipinski definition) is 2. The number of carbonyl (C=O) groups excluding carboxylic acids is 4. The van der Waals surface area contributed by atoms with Crippen LogP contribution in [0.25, 0.3) is 0 Å². The molecule has 1 aromatic carbocycles. The van der Waals surface area contributed by atoms with Crippen molar-refractivity contribution in [3.63, 3.8) is 0 Å². The number of allylic oxidation sites excluding steroid dienone is 1. The molecule has 3 aliphatic heterocycles. The number of carbonyl (C=O) groups is 4. The fourth-order valence-corrected chi connectivity index (χ4v) is 9.02. The Labute approximate surface area is 304 Å². The van der Waals surface area contributed by atoms with Crippen LogP contribution in [0.15, 0.2) is 55.6 Å². The number of methoxy groups -OCH3 is 1. The molecule has 0 aliphatic carbocycles. The highest BCUT2D eigenvalue weighted by molar-refractivity contribution is 9.09. The average Bonchev–Trinajstić information content (AvgIpc) is 3.68. The molecule has 2 N–H and O–H groups in total. The Morgan fingerprint density at radius 3 is 2.48 bits per heavy atom. The van der Waals surface area contributed by atoms with Gasteiger partial charge in [-0.25, -0.2) is 0 Å². The van der Waals surface area contributed by atoms with E-state index in [2.05, 4.69) is 34.4 Å². The summed E-state index contributed by atoms with van der Waals surface area (Å²) in [6, 6.07) is 6.43. The molecule has 3 saturated heterocycles. The molecule has 0 radical (unpaired) electrons. The maximum Gasteiger partial charge on any atom is 0.313 e. The van der Waals surface area contributed by atoms with E-state index in [4.69, 9.17) is 14.2 Å². The number of amides is 3. The van der Waals surface area contributed by atoms with E-state index in [1.165, 1.54) is 12.0 Å². The van der Waals surface area contributed by atoms with Crippen LogP contribution in [0.4, 0.5) is 0 Å². The Morgan fingerprint density at radius 1 is 1.20 bits per heavy atom. The lowest BCUT2D eigenvalue weighted by Gasteiger charge is -2.41. The highest BCUT2D eigenvalue weighted by Gasteiger charge is 2.78. The molecule has 276 valence electrons. The predicted octanol–water partition coefficient (Wildman–Crippen LogP) is 4.34. The number of ether oxygens (including phenoxy) is 3. The maximum absolute atomic E-state index is 14.8. The Morgan fingerprint density at radius 2 is 1.90 bits per heavy atom. The van der Waals surface area contributed by atoms with Crippen LogP contribution in [0.3, 0.4) is 0 Å². The van der Waals surface area contributed by atoms with E-state index in [9.17, 15) is 24.3 Å². The number of benzene rings is 1. The van der Waals surface area contributed by atoms with Crippen LogP contribution in [-0.4, -0.2) is 106 Å². The minimum atomic E-state index is -1.34. The van der Waals surface area contributed by atoms with Crippen molar-refractivity contribution < 1.29 is 38.5 Å². The summed E-state index contributed by atoms with van der Waals surface area (Å²) in [5.41, 5.74) is -0.698. The molecular formula is C38H54BrN3O8. The largest absolute Gasteiger partial charge is 0.455 e. The number of halogens is 1. The molecule has 2 unspecified atom stereocenters. The van der Waals surface area contributed by atoms with E-state index in [1.54, 1.807) is 29.2 Å². The molecule has 1 spiro atoms. The highest BCUT2D eigenvalue weighted by Crippen LogP contribution is 2.61. The van der Waals surface area contributed by atoms with Gasteiger partial charge in [-0.1, -0.05) is 85.6 Å². The topological polar surface area (TPSA) is 135 Å². The molecule has 12 heteroatoms. The first kappa shape index (κ1) is 39.7. The number of nitrogens with one attached hydrogen (secondary N) is 1. The Bertz CT molecular complexity index is 1380. The standard InChI is InChI=1S/C38H54BrN3O8/c1-8-11-18-29(44)40-27(22-48-7)32(25-16-13-12-14-17-25)49-37(47)30-31-35(45)42(28(21-43)23(4)5)34(38(31)20-26(39)33(30)50-38)36(46)41(19-10-3)24(6)15-9-2/h8,10,12-14,16-17,23-24,26-28,30-34,43H,1,3,9,11,15,18-22H2,2,4-7H3,(H,40,44)/t24?,26?,27-,28-,30+,31-,32-,33+,34+,38-/m0/s1. The molecule has 2 bridgehead atoms. The summed E-state index contributed by atoms with van der Waals surface area (Å²) in [5, 5.41) is 13.6. The quantitative estimate of drug-likeness (QED) is 0.121. The van der Waals surface area contributed by atoms with Gasteiger partial charge in [0.15, 0.2) is 0 Å². The van der Waals surface area contributed by atoms with Gasteiger partial charge in [0.2, 0.25) is 17.7 Å². The Hall–Kier alpha value is -3.06. The fraction of sp³-hybridized carbons (Fsp3) is 0.632. The van der Waals surface area contributed by atoms with Crippen LogP contribution in [0.5, 0.6) is 0 Å². The molecule has 3 amide bonds. The third kappa shape index (κ3) is 7.73. The summed E-state index contributed by atoms with van der Waals surface area (Å²) in [6.07, 6.45) is 4.22. The normalized spacial score (nSPS) is 27.7. The second-order valence-corrected chi connectivity index (χ2v) is 15.2. The van der Waals surface area contributed by atoms with E-state index in [0.717, 1.165) is 12.8 Å². The number of likely N-dealkylation sites (tertiary alicyclic amines) is 1.